The van der Waals surface area contributed by atoms with Crippen LogP contribution in [0.1, 0.15) is 121 Å². The molecule has 22 heteroatoms. The van der Waals surface area contributed by atoms with Crippen molar-refractivity contribution >= 4 is 69.7 Å². The number of anilines is 3. The lowest BCUT2D eigenvalue weighted by molar-refractivity contribution is -0.138. The number of benzene rings is 1. The van der Waals surface area contributed by atoms with Crippen LogP contribution in [0.5, 0.6) is 0 Å². The van der Waals surface area contributed by atoms with Gasteiger partial charge in [-0.05, 0) is 132 Å². The minimum atomic E-state index is -4.59. The van der Waals surface area contributed by atoms with Gasteiger partial charge in [-0.25, -0.2) is 15.0 Å². The summed E-state index contributed by atoms with van der Waals surface area (Å²) >= 11 is 0. The van der Waals surface area contributed by atoms with Gasteiger partial charge >= 0.3 is 6.18 Å². The second-order valence-electron chi connectivity index (χ2n) is 21.3. The number of nitrogen functional groups attached to an aromatic ring is 1. The molecule has 4 fully saturated rings. The molecule has 2 bridgehead atoms. The van der Waals surface area contributed by atoms with Crippen LogP contribution < -0.4 is 31.9 Å². The highest BCUT2D eigenvalue weighted by molar-refractivity contribution is 6.06. The number of rotatable bonds is 10. The summed E-state index contributed by atoms with van der Waals surface area (Å²) in [5.74, 6) is -1.29. The van der Waals surface area contributed by atoms with E-state index in [0.717, 1.165) is 113 Å². The van der Waals surface area contributed by atoms with Gasteiger partial charge in [-0.1, -0.05) is 24.3 Å². The minimum absolute atomic E-state index is 0.00162. The molecular formula is C56H64F3N13O6. The summed E-state index contributed by atoms with van der Waals surface area (Å²) < 4.78 is 41.9. The van der Waals surface area contributed by atoms with Crippen molar-refractivity contribution in [1.82, 2.24) is 50.5 Å². The Labute approximate surface area is 449 Å². The van der Waals surface area contributed by atoms with Crippen molar-refractivity contribution in [3.63, 3.8) is 0 Å². The number of hydrogen-bond donors (Lipinski definition) is 5. The number of alkyl halides is 3. The molecule has 78 heavy (non-hydrogen) atoms. The summed E-state index contributed by atoms with van der Waals surface area (Å²) in [5, 5.41) is 16.4. The van der Waals surface area contributed by atoms with Crippen molar-refractivity contribution in [2.24, 2.45) is 11.8 Å². The highest BCUT2D eigenvalue weighted by atomic mass is 19.4. The number of nitrogens with zero attached hydrogens (tertiary/aromatic N) is 8. The first-order valence-corrected chi connectivity index (χ1v) is 27.0. The summed E-state index contributed by atoms with van der Waals surface area (Å²) in [7, 11) is 0. The number of nitrogens with one attached hydrogen (secondary N) is 4. The number of halogens is 3. The van der Waals surface area contributed by atoms with E-state index in [1.165, 1.54) is 0 Å². The Morgan fingerprint density at radius 3 is 2.33 bits per heavy atom. The van der Waals surface area contributed by atoms with Gasteiger partial charge in [-0.2, -0.15) is 18.3 Å². The number of likely N-dealkylation sites (tertiary alicyclic amines) is 1. The van der Waals surface area contributed by atoms with E-state index >= 15 is 0 Å². The zero-order valence-corrected chi connectivity index (χ0v) is 43.3. The summed E-state index contributed by atoms with van der Waals surface area (Å²) in [6, 6.07) is 10.7. The fourth-order valence-corrected chi connectivity index (χ4v) is 11.6. The molecule has 410 valence electrons. The Kier molecular flexibility index (Phi) is 16.1. The number of piperidine rings is 3. The average molecular weight is 1070 g/mol. The number of amides is 6. The third-order valence-electron chi connectivity index (χ3n) is 15.9. The van der Waals surface area contributed by atoms with Crippen molar-refractivity contribution in [1.29, 1.82) is 0 Å². The van der Waals surface area contributed by atoms with E-state index in [1.807, 2.05) is 22.9 Å². The SMILES string of the molecule is Nc1ncc2c3c1c(-c1ccc(C(=O)Nc4cc(C(F)(F)F)ccn4)cc1)nn3[C@@H]1CCC[C@H](C1)NC(=O)CN(C(=O)CC1CCN(CC3CCN(c4ccc(C(=O)NC5CCC(=O)NC5=O)nc4)CC3)CC1)CCC/C=C/2. The van der Waals surface area contributed by atoms with Gasteiger partial charge < -0.3 is 36.4 Å². The number of fused-ring (bicyclic) bond motifs is 3. The molecule has 5 aromatic rings. The smallest absolute Gasteiger partial charge is 0.383 e. The third kappa shape index (κ3) is 12.6. The quantitative estimate of drug-likeness (QED) is 0.0936. The minimum Gasteiger partial charge on any atom is -0.383 e. The Bertz CT molecular complexity index is 3080. The van der Waals surface area contributed by atoms with E-state index in [4.69, 9.17) is 10.8 Å². The van der Waals surface area contributed by atoms with Crippen molar-refractivity contribution in [2.75, 3.05) is 61.8 Å². The average Bonchev–Trinajstić information content (AvgIpc) is 4.11. The van der Waals surface area contributed by atoms with Crippen LogP contribution in [-0.2, 0) is 25.4 Å². The fourth-order valence-electron chi connectivity index (χ4n) is 11.6. The number of carbonyl (C=O) groups excluding carboxylic acids is 6. The number of imide groups is 1. The van der Waals surface area contributed by atoms with E-state index in [-0.39, 0.29) is 78.0 Å². The van der Waals surface area contributed by atoms with Gasteiger partial charge in [0, 0.05) is 74.1 Å². The molecule has 3 saturated heterocycles. The molecule has 1 aliphatic carbocycles. The fraction of sp³-hybridized carbons (Fsp3) is 0.464. The molecule has 5 aliphatic rings. The highest BCUT2D eigenvalue weighted by Gasteiger charge is 2.34. The van der Waals surface area contributed by atoms with Crippen LogP contribution in [0.3, 0.4) is 0 Å². The number of allylic oxidation sites excluding steroid dienone is 1. The Hall–Kier alpha value is -7.75. The molecule has 1 unspecified atom stereocenters. The molecule has 1 saturated carbocycles. The maximum Gasteiger partial charge on any atom is 0.416 e. The lowest BCUT2D eigenvalue weighted by Gasteiger charge is -2.38. The van der Waals surface area contributed by atoms with E-state index in [9.17, 15) is 41.9 Å². The highest BCUT2D eigenvalue weighted by Crippen LogP contribution is 2.39. The van der Waals surface area contributed by atoms with Crippen LogP contribution in [0.25, 0.3) is 28.2 Å². The largest absolute Gasteiger partial charge is 0.416 e. The van der Waals surface area contributed by atoms with Crippen LogP contribution in [0.4, 0.5) is 30.5 Å². The second-order valence-corrected chi connectivity index (χ2v) is 21.3. The third-order valence-corrected chi connectivity index (χ3v) is 15.9. The predicted molar refractivity (Wildman–Crippen MR) is 285 cm³/mol. The molecule has 0 radical (unpaired) electrons. The number of pyridine rings is 3. The van der Waals surface area contributed by atoms with Crippen LogP contribution in [0.2, 0.25) is 0 Å². The predicted octanol–water partition coefficient (Wildman–Crippen LogP) is 6.53. The first kappa shape index (κ1) is 53.6. The van der Waals surface area contributed by atoms with Gasteiger partial charge in [0.05, 0.1) is 40.9 Å². The Morgan fingerprint density at radius 1 is 0.808 bits per heavy atom. The standard InChI is InChI=1S/C56H64F3N13O6/c57-56(58,59)39-16-21-61-45(28-39)66-53(76)37-10-8-36(9-11-37)50-49-51-38(30-63-52(49)60)5-2-1-3-22-71(33-47(74)64-40-6-4-7-41(29-40)72(51)68-50)48(75)27-34-17-23-69(24-18-34)32-35-19-25-70(26-20-35)42-12-13-43(62-31-42)54(77)65-44-14-15-46(73)67-55(44)78/h2,5,8-13,16,21,28,30-31,34-35,40-41,44H,1,3-4,6-7,14-15,17-20,22-27,29,32-33H2,(H2,60,63)(H,64,74)(H,65,77)(H,61,66,76)(H,67,73,78)/b5-2+/t40-,41-,44?/m1/s1. The van der Waals surface area contributed by atoms with Crippen LogP contribution in [0, 0.1) is 11.8 Å². The lowest BCUT2D eigenvalue weighted by Crippen LogP contribution is -2.52. The van der Waals surface area contributed by atoms with Gasteiger partial charge in [0.25, 0.3) is 11.8 Å². The van der Waals surface area contributed by atoms with E-state index in [2.05, 4.69) is 46.0 Å². The van der Waals surface area contributed by atoms with Crippen LogP contribution in [0.15, 0.2) is 73.2 Å². The first-order chi connectivity index (χ1) is 37.6. The summed E-state index contributed by atoms with van der Waals surface area (Å²) in [6.45, 7) is 5.01. The van der Waals surface area contributed by atoms with Gasteiger partial charge in [0.15, 0.2) is 0 Å². The zero-order chi connectivity index (χ0) is 54.5. The molecular weight excluding hydrogens is 1010 g/mol. The summed E-state index contributed by atoms with van der Waals surface area (Å²) in [4.78, 5) is 96.7. The van der Waals surface area contributed by atoms with Gasteiger partial charge in [-0.15, -0.1) is 0 Å². The molecule has 8 heterocycles. The van der Waals surface area contributed by atoms with Gasteiger partial charge in [0.1, 0.15) is 29.1 Å². The van der Waals surface area contributed by atoms with Crippen molar-refractivity contribution < 1.29 is 41.9 Å². The molecule has 19 nitrogen and oxygen atoms in total. The van der Waals surface area contributed by atoms with Gasteiger partial charge in [0.2, 0.25) is 23.6 Å². The second kappa shape index (κ2) is 23.5. The number of aromatic nitrogens is 5. The first-order valence-electron chi connectivity index (χ1n) is 27.0. The number of nitrogens with two attached hydrogens (primary N) is 1. The van der Waals surface area contributed by atoms with Gasteiger partial charge in [-0.3, -0.25) is 38.8 Å². The Balaban J connectivity index is 0.728. The topological polar surface area (TPSA) is 243 Å². The van der Waals surface area contributed by atoms with Crippen LogP contribution in [-0.4, -0.2) is 128 Å². The zero-order valence-electron chi connectivity index (χ0n) is 43.3. The van der Waals surface area contributed by atoms with E-state index in [0.29, 0.717) is 54.8 Å². The number of carbonyl (C=O) groups is 6. The van der Waals surface area contributed by atoms with Crippen molar-refractivity contribution in [2.45, 2.75) is 108 Å². The molecule has 6 N–H and O–H groups in total. The Morgan fingerprint density at radius 2 is 1.59 bits per heavy atom. The molecule has 10 rings (SSSR count). The molecule has 3 atom stereocenters. The summed E-state index contributed by atoms with van der Waals surface area (Å²) in [6.07, 6.45) is 12.9. The molecule has 4 aromatic heterocycles. The monoisotopic (exact) mass is 1070 g/mol. The van der Waals surface area contributed by atoms with E-state index < -0.39 is 35.5 Å². The molecule has 0 spiro atoms. The maximum absolute atomic E-state index is 14.1. The number of hydrogen-bond acceptors (Lipinski definition) is 13. The van der Waals surface area contributed by atoms with Crippen molar-refractivity contribution in [3.05, 3.63) is 95.6 Å². The van der Waals surface area contributed by atoms with Crippen LogP contribution >= 0.6 is 0 Å². The molecule has 6 amide bonds. The van der Waals surface area contributed by atoms with E-state index in [1.54, 1.807) is 47.6 Å². The maximum atomic E-state index is 14.1. The summed E-state index contributed by atoms with van der Waals surface area (Å²) in [5.41, 5.74) is 9.89. The lowest BCUT2D eigenvalue weighted by atomic mass is 9.90. The molecule has 1 aromatic carbocycles. The molecule has 4 aliphatic heterocycles. The van der Waals surface area contributed by atoms with Crippen molar-refractivity contribution in [3.8, 4) is 11.3 Å². The normalized spacial score (nSPS) is 21.7.